The van der Waals surface area contributed by atoms with Crippen molar-refractivity contribution in [3.05, 3.63) is 30.2 Å². The molecular formula is C12H15N3O. The van der Waals surface area contributed by atoms with E-state index in [-0.39, 0.29) is 0 Å². The number of ether oxygens (including phenoxy) is 1. The average Bonchev–Trinajstić information content (AvgIpc) is 2.72. The maximum atomic E-state index is 5.69. The topological polar surface area (TPSA) is 39.4 Å². The minimum Gasteiger partial charge on any atom is -0.378 e. The molecule has 0 saturated carbocycles. The second kappa shape index (κ2) is 4.22. The van der Waals surface area contributed by atoms with Gasteiger partial charge in [-0.1, -0.05) is 6.07 Å². The molecule has 2 aromatic rings. The molecule has 0 N–H and O–H groups in total. The molecule has 3 rings (SSSR count). The SMILES string of the molecule is c1ccn2nc(CC3CCCCO3)nc2c1. The molecule has 1 unspecified atom stereocenters. The molecule has 4 nitrogen and oxygen atoms in total. The molecule has 84 valence electrons. The third-order valence-electron chi connectivity index (χ3n) is 2.97. The van der Waals surface area contributed by atoms with E-state index in [4.69, 9.17) is 4.74 Å². The van der Waals surface area contributed by atoms with Crippen LogP contribution < -0.4 is 0 Å². The van der Waals surface area contributed by atoms with Crippen molar-refractivity contribution in [2.75, 3.05) is 6.61 Å². The molecule has 0 radical (unpaired) electrons. The third-order valence-corrected chi connectivity index (χ3v) is 2.97. The first-order valence-electron chi connectivity index (χ1n) is 5.84. The van der Waals surface area contributed by atoms with Crippen LogP contribution in [-0.4, -0.2) is 27.3 Å². The van der Waals surface area contributed by atoms with Crippen LogP contribution in [0.2, 0.25) is 0 Å². The van der Waals surface area contributed by atoms with Gasteiger partial charge in [-0.25, -0.2) is 9.50 Å². The Bertz CT molecular complexity index is 441. The van der Waals surface area contributed by atoms with Gasteiger partial charge in [0.25, 0.3) is 0 Å². The zero-order valence-corrected chi connectivity index (χ0v) is 9.17. The molecule has 1 aliphatic heterocycles. The highest BCUT2D eigenvalue weighted by Gasteiger charge is 2.16. The van der Waals surface area contributed by atoms with Gasteiger partial charge < -0.3 is 4.74 Å². The Hall–Kier alpha value is -1.42. The van der Waals surface area contributed by atoms with Crippen LogP contribution in [-0.2, 0) is 11.2 Å². The van der Waals surface area contributed by atoms with Crippen LogP contribution in [0.25, 0.3) is 5.65 Å². The number of nitrogens with zero attached hydrogens (tertiary/aromatic N) is 3. The molecule has 0 bridgehead atoms. The maximum absolute atomic E-state index is 5.69. The van der Waals surface area contributed by atoms with E-state index in [2.05, 4.69) is 10.1 Å². The summed E-state index contributed by atoms with van der Waals surface area (Å²) in [6, 6.07) is 5.91. The van der Waals surface area contributed by atoms with Crippen LogP contribution in [0.1, 0.15) is 25.1 Å². The van der Waals surface area contributed by atoms with Crippen LogP contribution >= 0.6 is 0 Å². The van der Waals surface area contributed by atoms with Crippen molar-refractivity contribution in [1.29, 1.82) is 0 Å². The summed E-state index contributed by atoms with van der Waals surface area (Å²) in [5.41, 5.74) is 0.910. The highest BCUT2D eigenvalue weighted by atomic mass is 16.5. The molecule has 3 heterocycles. The van der Waals surface area contributed by atoms with E-state index in [9.17, 15) is 0 Å². The monoisotopic (exact) mass is 217 g/mol. The molecule has 16 heavy (non-hydrogen) atoms. The summed E-state index contributed by atoms with van der Waals surface area (Å²) < 4.78 is 7.51. The number of aromatic nitrogens is 3. The fourth-order valence-corrected chi connectivity index (χ4v) is 2.14. The average molecular weight is 217 g/mol. The summed E-state index contributed by atoms with van der Waals surface area (Å²) >= 11 is 0. The van der Waals surface area contributed by atoms with E-state index in [1.165, 1.54) is 12.8 Å². The van der Waals surface area contributed by atoms with E-state index in [0.717, 1.165) is 30.9 Å². The lowest BCUT2D eigenvalue weighted by Crippen LogP contribution is -2.21. The second-order valence-corrected chi connectivity index (χ2v) is 4.22. The Morgan fingerprint density at radius 3 is 3.19 bits per heavy atom. The first kappa shape index (κ1) is 9.78. The minimum atomic E-state index is 0.311. The molecule has 1 aliphatic rings. The first-order valence-corrected chi connectivity index (χ1v) is 5.84. The van der Waals surface area contributed by atoms with Gasteiger partial charge in [-0.3, -0.25) is 0 Å². The van der Waals surface area contributed by atoms with Crippen molar-refractivity contribution in [2.24, 2.45) is 0 Å². The van der Waals surface area contributed by atoms with E-state index in [1.54, 1.807) is 0 Å². The Kier molecular flexibility index (Phi) is 2.58. The predicted molar refractivity (Wildman–Crippen MR) is 60.3 cm³/mol. The lowest BCUT2D eigenvalue weighted by Gasteiger charge is -2.20. The van der Waals surface area contributed by atoms with Gasteiger partial charge in [-0.15, -0.1) is 0 Å². The summed E-state index contributed by atoms with van der Waals surface area (Å²) in [6.45, 7) is 0.887. The Labute approximate surface area is 94.3 Å². The first-order chi connectivity index (χ1) is 7.92. The van der Waals surface area contributed by atoms with Gasteiger partial charge in [0, 0.05) is 19.2 Å². The molecule has 1 saturated heterocycles. The number of hydrogen-bond acceptors (Lipinski definition) is 3. The molecular weight excluding hydrogens is 202 g/mol. The van der Waals surface area contributed by atoms with Crippen LogP contribution in [0.5, 0.6) is 0 Å². The van der Waals surface area contributed by atoms with Gasteiger partial charge in [0.1, 0.15) is 0 Å². The van der Waals surface area contributed by atoms with E-state index >= 15 is 0 Å². The number of rotatable bonds is 2. The highest BCUT2D eigenvalue weighted by Crippen LogP contribution is 2.16. The minimum absolute atomic E-state index is 0.311. The molecule has 0 aromatic carbocycles. The van der Waals surface area contributed by atoms with Crippen molar-refractivity contribution < 1.29 is 4.74 Å². The van der Waals surface area contributed by atoms with Crippen LogP contribution in [0.3, 0.4) is 0 Å². The van der Waals surface area contributed by atoms with Gasteiger partial charge >= 0.3 is 0 Å². The van der Waals surface area contributed by atoms with E-state index in [0.29, 0.717) is 6.10 Å². The molecule has 0 aliphatic carbocycles. The van der Waals surface area contributed by atoms with Crippen molar-refractivity contribution in [3.8, 4) is 0 Å². The molecule has 0 spiro atoms. The van der Waals surface area contributed by atoms with Crippen LogP contribution in [0.4, 0.5) is 0 Å². The number of hydrogen-bond donors (Lipinski definition) is 0. The Morgan fingerprint density at radius 1 is 1.38 bits per heavy atom. The van der Waals surface area contributed by atoms with E-state index < -0.39 is 0 Å². The summed E-state index contributed by atoms with van der Waals surface area (Å²) in [6.07, 6.45) is 6.66. The predicted octanol–water partition coefficient (Wildman–Crippen LogP) is 1.84. The standard InChI is InChI=1S/C12H15N3O/c1-3-7-15-12(6-1)13-11(14-15)9-10-5-2-4-8-16-10/h1,3,6-7,10H,2,4-5,8-9H2. The zero-order chi connectivity index (χ0) is 10.8. The molecule has 0 amide bonds. The summed E-state index contributed by atoms with van der Waals surface area (Å²) in [5, 5.41) is 4.43. The van der Waals surface area contributed by atoms with Crippen LogP contribution in [0.15, 0.2) is 24.4 Å². The Morgan fingerprint density at radius 2 is 2.38 bits per heavy atom. The number of pyridine rings is 1. The molecule has 1 atom stereocenters. The van der Waals surface area contributed by atoms with Gasteiger partial charge in [0.2, 0.25) is 0 Å². The van der Waals surface area contributed by atoms with E-state index in [1.807, 2.05) is 28.9 Å². The van der Waals surface area contributed by atoms with Crippen molar-refractivity contribution >= 4 is 5.65 Å². The van der Waals surface area contributed by atoms with Gasteiger partial charge in [-0.2, -0.15) is 5.10 Å². The van der Waals surface area contributed by atoms with Gasteiger partial charge in [0.05, 0.1) is 6.10 Å². The quantitative estimate of drug-likeness (QED) is 0.770. The lowest BCUT2D eigenvalue weighted by molar-refractivity contribution is 0.0157. The smallest absolute Gasteiger partial charge is 0.155 e. The largest absolute Gasteiger partial charge is 0.378 e. The maximum Gasteiger partial charge on any atom is 0.155 e. The lowest BCUT2D eigenvalue weighted by atomic mass is 10.1. The van der Waals surface area contributed by atoms with Crippen LogP contribution in [0, 0.1) is 0 Å². The number of fused-ring (bicyclic) bond motifs is 1. The van der Waals surface area contributed by atoms with Gasteiger partial charge in [0.15, 0.2) is 11.5 Å². The zero-order valence-electron chi connectivity index (χ0n) is 9.17. The molecule has 4 heteroatoms. The summed E-state index contributed by atoms with van der Waals surface area (Å²) in [4.78, 5) is 4.48. The Balaban J connectivity index is 1.78. The summed E-state index contributed by atoms with van der Waals surface area (Å²) in [7, 11) is 0. The second-order valence-electron chi connectivity index (χ2n) is 4.22. The summed E-state index contributed by atoms with van der Waals surface area (Å²) in [5.74, 6) is 0.887. The van der Waals surface area contributed by atoms with Gasteiger partial charge in [-0.05, 0) is 31.4 Å². The van der Waals surface area contributed by atoms with Crippen molar-refractivity contribution in [2.45, 2.75) is 31.8 Å². The normalized spacial score (nSPS) is 21.4. The fourth-order valence-electron chi connectivity index (χ4n) is 2.14. The third kappa shape index (κ3) is 1.93. The van der Waals surface area contributed by atoms with Crippen molar-refractivity contribution in [3.63, 3.8) is 0 Å². The molecule has 1 fully saturated rings. The highest BCUT2D eigenvalue weighted by molar-refractivity contribution is 5.36. The fraction of sp³-hybridized carbons (Fsp3) is 0.500. The van der Waals surface area contributed by atoms with Crippen molar-refractivity contribution in [1.82, 2.24) is 14.6 Å². The molecule has 2 aromatic heterocycles.